The zero-order valence-electron chi connectivity index (χ0n) is 26.1. The third-order valence-corrected chi connectivity index (χ3v) is 7.20. The van der Waals surface area contributed by atoms with Crippen molar-refractivity contribution in [2.45, 2.75) is 181 Å². The molecule has 0 radical (unpaired) electrons. The van der Waals surface area contributed by atoms with Gasteiger partial charge in [-0.3, -0.25) is 9.59 Å². The fourth-order valence-electron chi connectivity index (χ4n) is 4.65. The van der Waals surface area contributed by atoms with Crippen LogP contribution in [0.1, 0.15) is 181 Å². The second-order valence-corrected chi connectivity index (χ2v) is 11.2. The fraction of sp³-hybridized carbons (Fsp3) is 0.778. The minimum absolute atomic E-state index is 0.347. The summed E-state index contributed by atoms with van der Waals surface area (Å²) in [6.45, 7) is 4.50. The predicted molar refractivity (Wildman–Crippen MR) is 170 cm³/mol. The van der Waals surface area contributed by atoms with Crippen molar-refractivity contribution in [2.75, 3.05) is 0 Å². The monoisotopic (exact) mass is 544 g/mol. The van der Waals surface area contributed by atoms with Gasteiger partial charge in [0.2, 0.25) is 0 Å². The highest BCUT2D eigenvalue weighted by atomic mass is 16.6. The second kappa shape index (κ2) is 32.6. The third kappa shape index (κ3) is 32.5. The van der Waals surface area contributed by atoms with Crippen molar-refractivity contribution < 1.29 is 14.3 Å². The maximum atomic E-state index is 11.9. The Bertz CT molecular complexity index is 617. The van der Waals surface area contributed by atoms with Crippen molar-refractivity contribution in [1.29, 1.82) is 0 Å². The Kier molecular flexibility index (Phi) is 31.2. The lowest BCUT2D eigenvalue weighted by molar-refractivity contribution is -0.159. The van der Waals surface area contributed by atoms with Crippen molar-refractivity contribution in [3.8, 4) is 0 Å². The van der Waals surface area contributed by atoms with Gasteiger partial charge < -0.3 is 4.74 Å². The predicted octanol–water partition coefficient (Wildman–Crippen LogP) is 11.9. The summed E-state index contributed by atoms with van der Waals surface area (Å²) in [4.78, 5) is 23.8. The minimum atomic E-state index is -0.349. The Labute approximate surface area is 243 Å². The Morgan fingerprint density at radius 2 is 0.718 bits per heavy atom. The molecule has 226 valence electrons. The zero-order chi connectivity index (χ0) is 28.5. The first-order valence-corrected chi connectivity index (χ1v) is 16.9. The summed E-state index contributed by atoms with van der Waals surface area (Å²) < 4.78 is 4.99. The first-order valence-electron chi connectivity index (χ1n) is 16.9. The molecule has 0 saturated carbocycles. The summed E-state index contributed by atoms with van der Waals surface area (Å²) >= 11 is 0. The van der Waals surface area contributed by atoms with E-state index in [1.165, 1.54) is 103 Å². The average Bonchev–Trinajstić information content (AvgIpc) is 2.93. The van der Waals surface area contributed by atoms with Crippen LogP contribution < -0.4 is 0 Å². The van der Waals surface area contributed by atoms with Gasteiger partial charge in [-0.1, -0.05) is 134 Å². The summed E-state index contributed by atoms with van der Waals surface area (Å²) in [6.07, 6.45) is 43.3. The molecule has 0 aliphatic rings. The van der Waals surface area contributed by atoms with Gasteiger partial charge in [0, 0.05) is 12.8 Å². The smallest absolute Gasteiger partial charge is 0.313 e. The van der Waals surface area contributed by atoms with Crippen LogP contribution in [0.15, 0.2) is 36.5 Å². The molecule has 0 atom stereocenters. The molecule has 0 bridgehead atoms. The van der Waals surface area contributed by atoms with E-state index in [4.69, 9.17) is 4.74 Å². The maximum Gasteiger partial charge on any atom is 0.313 e. The molecule has 0 saturated heterocycles. The van der Waals surface area contributed by atoms with Crippen molar-refractivity contribution in [2.24, 2.45) is 0 Å². The first kappa shape index (κ1) is 37.4. The maximum absolute atomic E-state index is 11.9. The number of esters is 2. The molecular formula is C36H64O3. The molecule has 0 heterocycles. The largest absolute Gasteiger partial charge is 0.393 e. The fourth-order valence-corrected chi connectivity index (χ4v) is 4.65. The Morgan fingerprint density at radius 3 is 1.15 bits per heavy atom. The Morgan fingerprint density at radius 1 is 0.410 bits per heavy atom. The summed E-state index contributed by atoms with van der Waals surface area (Å²) in [5.41, 5.74) is 0. The van der Waals surface area contributed by atoms with Gasteiger partial charge >= 0.3 is 11.9 Å². The summed E-state index contributed by atoms with van der Waals surface area (Å²) in [7, 11) is 0. The molecule has 0 aromatic rings. The van der Waals surface area contributed by atoms with Crippen LogP contribution in [-0.4, -0.2) is 11.9 Å². The number of rotatable bonds is 29. The van der Waals surface area contributed by atoms with Crippen LogP contribution in [0.5, 0.6) is 0 Å². The lowest BCUT2D eigenvalue weighted by atomic mass is 10.1. The van der Waals surface area contributed by atoms with E-state index < -0.39 is 0 Å². The van der Waals surface area contributed by atoms with Crippen LogP contribution in [0.25, 0.3) is 0 Å². The van der Waals surface area contributed by atoms with E-state index in [-0.39, 0.29) is 11.9 Å². The molecule has 3 nitrogen and oxygen atoms in total. The summed E-state index contributed by atoms with van der Waals surface area (Å²) in [5.74, 6) is -0.696. The van der Waals surface area contributed by atoms with Crippen molar-refractivity contribution in [3.05, 3.63) is 36.5 Å². The standard InChI is InChI=1S/C36H64O3/c1-3-5-7-9-11-13-15-17-19-21-23-25-27-29-31-33-35(37)39-36(38)34-32-30-28-26-24-22-20-18-16-14-12-10-8-6-4-2/h11,13,17-20H,3-10,12,14-16,21-34H2,1-2H3/b13-11-,19-17-,20-18+. The van der Waals surface area contributed by atoms with E-state index in [0.717, 1.165) is 51.4 Å². The van der Waals surface area contributed by atoms with Gasteiger partial charge in [0.25, 0.3) is 0 Å². The van der Waals surface area contributed by atoms with E-state index in [1.807, 2.05) is 0 Å². The molecule has 0 fully saturated rings. The number of ether oxygens (including phenoxy) is 1. The lowest BCUT2D eigenvalue weighted by Crippen LogP contribution is -2.11. The Hall–Kier alpha value is -1.64. The number of carbonyl (C=O) groups excluding carboxylic acids is 2. The van der Waals surface area contributed by atoms with Crippen LogP contribution in [0, 0.1) is 0 Å². The topological polar surface area (TPSA) is 43.4 Å². The molecule has 0 aliphatic carbocycles. The zero-order valence-corrected chi connectivity index (χ0v) is 26.1. The molecular weight excluding hydrogens is 480 g/mol. The van der Waals surface area contributed by atoms with Crippen LogP contribution in [-0.2, 0) is 14.3 Å². The second-order valence-electron chi connectivity index (χ2n) is 11.2. The van der Waals surface area contributed by atoms with Gasteiger partial charge in [0.05, 0.1) is 0 Å². The van der Waals surface area contributed by atoms with E-state index in [9.17, 15) is 9.59 Å². The van der Waals surface area contributed by atoms with E-state index in [1.54, 1.807) is 0 Å². The van der Waals surface area contributed by atoms with Gasteiger partial charge in [0.1, 0.15) is 0 Å². The first-order chi connectivity index (χ1) is 19.2. The van der Waals surface area contributed by atoms with Gasteiger partial charge in [-0.15, -0.1) is 0 Å². The molecule has 0 N–H and O–H groups in total. The van der Waals surface area contributed by atoms with Crippen molar-refractivity contribution in [1.82, 2.24) is 0 Å². The number of carbonyl (C=O) groups is 2. The van der Waals surface area contributed by atoms with Gasteiger partial charge in [-0.25, -0.2) is 0 Å². The van der Waals surface area contributed by atoms with Crippen molar-refractivity contribution in [3.63, 3.8) is 0 Å². The van der Waals surface area contributed by atoms with Crippen LogP contribution >= 0.6 is 0 Å². The molecule has 39 heavy (non-hydrogen) atoms. The molecule has 0 spiro atoms. The number of unbranched alkanes of at least 4 members (excludes halogenated alkanes) is 19. The molecule has 0 aromatic heterocycles. The highest BCUT2D eigenvalue weighted by Gasteiger charge is 2.09. The molecule has 0 aliphatic heterocycles. The normalized spacial score (nSPS) is 11.8. The van der Waals surface area contributed by atoms with Crippen LogP contribution in [0.2, 0.25) is 0 Å². The molecule has 0 unspecified atom stereocenters. The lowest BCUT2D eigenvalue weighted by Gasteiger charge is -2.04. The molecule has 0 amide bonds. The third-order valence-electron chi connectivity index (χ3n) is 7.20. The van der Waals surface area contributed by atoms with Crippen LogP contribution in [0.4, 0.5) is 0 Å². The highest BCUT2D eigenvalue weighted by molar-refractivity contribution is 5.85. The van der Waals surface area contributed by atoms with E-state index >= 15 is 0 Å². The quantitative estimate of drug-likeness (QED) is 0.0407. The van der Waals surface area contributed by atoms with Gasteiger partial charge in [-0.2, -0.15) is 0 Å². The molecule has 0 rings (SSSR count). The highest BCUT2D eigenvalue weighted by Crippen LogP contribution is 2.12. The van der Waals surface area contributed by atoms with Gasteiger partial charge in [-0.05, 0) is 70.6 Å². The Balaban J connectivity index is 3.40. The molecule has 0 aromatic carbocycles. The number of hydrogen-bond acceptors (Lipinski definition) is 3. The van der Waals surface area contributed by atoms with E-state index in [2.05, 4.69) is 50.3 Å². The molecule has 3 heteroatoms. The summed E-state index contributed by atoms with van der Waals surface area (Å²) in [6, 6.07) is 0. The summed E-state index contributed by atoms with van der Waals surface area (Å²) in [5, 5.41) is 0. The number of hydrogen-bond donors (Lipinski definition) is 0. The SMILES string of the molecule is CCCCC/C=C\C/C=C\CCCCCCCC(=O)OC(=O)CCCCCCC/C=C/CCCCCCCC. The minimum Gasteiger partial charge on any atom is -0.393 e. The average molecular weight is 545 g/mol. The van der Waals surface area contributed by atoms with Crippen molar-refractivity contribution >= 4 is 11.9 Å². The number of allylic oxidation sites excluding steroid dienone is 6. The van der Waals surface area contributed by atoms with Crippen LogP contribution in [0.3, 0.4) is 0 Å². The van der Waals surface area contributed by atoms with Gasteiger partial charge in [0.15, 0.2) is 0 Å². The van der Waals surface area contributed by atoms with E-state index in [0.29, 0.717) is 12.8 Å².